The van der Waals surface area contributed by atoms with E-state index in [-0.39, 0.29) is 0 Å². The molecule has 0 aliphatic carbocycles. The molecular weight excluding hydrogens is 290 g/mol. The molecule has 0 aliphatic rings. The second kappa shape index (κ2) is 7.94. The maximum Gasteiger partial charge on any atom is 0.0101 e. The van der Waals surface area contributed by atoms with Gasteiger partial charge in [0.15, 0.2) is 0 Å². The number of hydrogen-bond donors (Lipinski definition) is 0. The summed E-state index contributed by atoms with van der Waals surface area (Å²) in [5.74, 6) is 0.443. The zero-order chi connectivity index (χ0) is 16.8. The highest BCUT2D eigenvalue weighted by Gasteiger charge is 2.14. The lowest BCUT2D eigenvalue weighted by atomic mass is 9.87. The van der Waals surface area contributed by atoms with Crippen LogP contribution in [0.3, 0.4) is 0 Å². The average molecular weight is 315 g/mol. The topological polar surface area (TPSA) is 3.24 Å². The minimum atomic E-state index is 0.443. The summed E-state index contributed by atoms with van der Waals surface area (Å²) in [7, 11) is 4.28. The van der Waals surface area contributed by atoms with E-state index in [9.17, 15) is 0 Å². The van der Waals surface area contributed by atoms with E-state index in [0.717, 1.165) is 13.0 Å². The van der Waals surface area contributed by atoms with Crippen molar-refractivity contribution in [2.24, 2.45) is 0 Å². The van der Waals surface area contributed by atoms with Crippen molar-refractivity contribution in [1.29, 1.82) is 0 Å². The van der Waals surface area contributed by atoms with Crippen LogP contribution in [0.15, 0.2) is 84.9 Å². The molecule has 0 saturated carbocycles. The molecule has 0 radical (unpaired) electrons. The van der Waals surface area contributed by atoms with Gasteiger partial charge in [0.1, 0.15) is 0 Å². The van der Waals surface area contributed by atoms with Crippen molar-refractivity contribution in [3.05, 3.63) is 96.1 Å². The molecule has 0 aliphatic heterocycles. The van der Waals surface area contributed by atoms with Crippen LogP contribution in [0.2, 0.25) is 0 Å². The molecule has 3 aromatic carbocycles. The molecule has 0 N–H and O–H groups in total. The molecule has 1 atom stereocenters. The van der Waals surface area contributed by atoms with Crippen molar-refractivity contribution >= 4 is 0 Å². The molecule has 0 fully saturated rings. The van der Waals surface area contributed by atoms with Crippen molar-refractivity contribution in [3.8, 4) is 11.1 Å². The Kier molecular flexibility index (Phi) is 5.45. The second-order valence-corrected chi connectivity index (χ2v) is 6.54. The van der Waals surface area contributed by atoms with Gasteiger partial charge in [-0.2, -0.15) is 0 Å². The van der Waals surface area contributed by atoms with Gasteiger partial charge in [-0.05, 0) is 49.3 Å². The second-order valence-electron chi connectivity index (χ2n) is 6.54. The zero-order valence-corrected chi connectivity index (χ0v) is 14.5. The normalized spacial score (nSPS) is 12.3. The Balaban J connectivity index is 1.87. The highest BCUT2D eigenvalue weighted by atomic mass is 15.0. The van der Waals surface area contributed by atoms with E-state index in [2.05, 4.69) is 104 Å². The first-order chi connectivity index (χ1) is 11.7. The Morgan fingerprint density at radius 1 is 0.625 bits per heavy atom. The lowest BCUT2D eigenvalue weighted by Crippen LogP contribution is -2.16. The fraction of sp³-hybridized carbons (Fsp3) is 0.217. The fourth-order valence-corrected chi connectivity index (χ4v) is 3.14. The Hall–Kier alpha value is -2.38. The van der Waals surface area contributed by atoms with Gasteiger partial charge in [-0.1, -0.05) is 84.9 Å². The fourth-order valence-electron chi connectivity index (χ4n) is 3.14. The monoisotopic (exact) mass is 315 g/mol. The van der Waals surface area contributed by atoms with Gasteiger partial charge in [0, 0.05) is 5.92 Å². The molecular formula is C23H25N. The van der Waals surface area contributed by atoms with E-state index in [0.29, 0.717) is 5.92 Å². The summed E-state index contributed by atoms with van der Waals surface area (Å²) < 4.78 is 0. The third-order valence-electron chi connectivity index (χ3n) is 4.49. The van der Waals surface area contributed by atoms with Crippen LogP contribution in [0.25, 0.3) is 11.1 Å². The smallest absolute Gasteiger partial charge is 0.0101 e. The van der Waals surface area contributed by atoms with Crippen molar-refractivity contribution in [1.82, 2.24) is 4.90 Å². The van der Waals surface area contributed by atoms with Crippen molar-refractivity contribution < 1.29 is 0 Å². The van der Waals surface area contributed by atoms with Crippen LogP contribution in [0.4, 0.5) is 0 Å². The van der Waals surface area contributed by atoms with E-state index >= 15 is 0 Å². The molecule has 3 aromatic rings. The lowest BCUT2D eigenvalue weighted by molar-refractivity contribution is 0.390. The van der Waals surface area contributed by atoms with Gasteiger partial charge in [0.25, 0.3) is 0 Å². The quantitative estimate of drug-likeness (QED) is 0.585. The van der Waals surface area contributed by atoms with Crippen molar-refractivity contribution in [2.45, 2.75) is 12.3 Å². The standard InChI is InChI=1S/C23H25N/c1-24(2)18-17-23(21-11-7-4-8-12-21)22-15-13-20(14-16-22)19-9-5-3-6-10-19/h3-16,23H,17-18H2,1-2H3. The highest BCUT2D eigenvalue weighted by Crippen LogP contribution is 2.30. The Morgan fingerprint density at radius 3 is 1.71 bits per heavy atom. The molecule has 24 heavy (non-hydrogen) atoms. The van der Waals surface area contributed by atoms with Crippen LogP contribution in [-0.2, 0) is 0 Å². The molecule has 122 valence electrons. The molecule has 0 spiro atoms. The predicted octanol–water partition coefficient (Wildman–Crippen LogP) is 5.44. The first-order valence-electron chi connectivity index (χ1n) is 8.59. The summed E-state index contributed by atoms with van der Waals surface area (Å²) in [6.07, 6.45) is 1.13. The van der Waals surface area contributed by atoms with E-state index in [1.54, 1.807) is 0 Å². The first kappa shape index (κ1) is 16.5. The maximum atomic E-state index is 2.29. The van der Waals surface area contributed by atoms with Gasteiger partial charge < -0.3 is 4.90 Å². The molecule has 0 aromatic heterocycles. The Labute approximate surface area is 145 Å². The first-order valence-corrected chi connectivity index (χ1v) is 8.59. The van der Waals surface area contributed by atoms with Gasteiger partial charge in [0.2, 0.25) is 0 Å². The SMILES string of the molecule is CN(C)CCC(c1ccccc1)c1ccc(-c2ccccc2)cc1. The van der Waals surface area contributed by atoms with Crippen LogP contribution >= 0.6 is 0 Å². The van der Waals surface area contributed by atoms with Gasteiger partial charge in [-0.25, -0.2) is 0 Å². The Morgan fingerprint density at radius 2 is 1.12 bits per heavy atom. The van der Waals surface area contributed by atoms with Crippen LogP contribution in [0.5, 0.6) is 0 Å². The molecule has 1 nitrogen and oxygen atoms in total. The third-order valence-corrected chi connectivity index (χ3v) is 4.49. The minimum absolute atomic E-state index is 0.443. The third kappa shape index (κ3) is 4.12. The van der Waals surface area contributed by atoms with E-state index < -0.39 is 0 Å². The minimum Gasteiger partial charge on any atom is -0.309 e. The molecule has 0 amide bonds. The average Bonchev–Trinajstić information content (AvgIpc) is 2.64. The molecule has 3 rings (SSSR count). The van der Waals surface area contributed by atoms with Crippen LogP contribution < -0.4 is 0 Å². The summed E-state index contributed by atoms with van der Waals surface area (Å²) in [6.45, 7) is 1.08. The largest absolute Gasteiger partial charge is 0.309 e. The summed E-state index contributed by atoms with van der Waals surface area (Å²) in [4.78, 5) is 2.26. The number of hydrogen-bond acceptors (Lipinski definition) is 1. The number of benzene rings is 3. The summed E-state index contributed by atoms with van der Waals surface area (Å²) in [5.41, 5.74) is 5.34. The molecule has 0 bridgehead atoms. The highest BCUT2D eigenvalue weighted by molar-refractivity contribution is 5.63. The molecule has 0 heterocycles. The summed E-state index contributed by atoms with van der Waals surface area (Å²) >= 11 is 0. The van der Waals surface area contributed by atoms with Crippen molar-refractivity contribution in [3.63, 3.8) is 0 Å². The lowest BCUT2D eigenvalue weighted by Gasteiger charge is -2.20. The van der Waals surface area contributed by atoms with Crippen molar-refractivity contribution in [2.75, 3.05) is 20.6 Å². The van der Waals surface area contributed by atoms with E-state index in [1.807, 2.05) is 0 Å². The van der Waals surface area contributed by atoms with Crippen LogP contribution in [0, 0.1) is 0 Å². The predicted molar refractivity (Wildman–Crippen MR) is 103 cm³/mol. The van der Waals surface area contributed by atoms with Gasteiger partial charge in [-0.3, -0.25) is 0 Å². The van der Waals surface area contributed by atoms with Crippen LogP contribution in [0.1, 0.15) is 23.5 Å². The Bertz CT molecular complexity index is 730. The van der Waals surface area contributed by atoms with Gasteiger partial charge in [-0.15, -0.1) is 0 Å². The van der Waals surface area contributed by atoms with E-state index in [1.165, 1.54) is 22.3 Å². The number of rotatable bonds is 6. The van der Waals surface area contributed by atoms with Crippen LogP contribution in [-0.4, -0.2) is 25.5 Å². The summed E-state index contributed by atoms with van der Waals surface area (Å²) in [5, 5.41) is 0. The van der Waals surface area contributed by atoms with E-state index in [4.69, 9.17) is 0 Å². The van der Waals surface area contributed by atoms with Gasteiger partial charge >= 0.3 is 0 Å². The maximum absolute atomic E-state index is 2.29. The molecule has 1 unspecified atom stereocenters. The molecule has 0 saturated heterocycles. The molecule has 1 heteroatoms. The zero-order valence-electron chi connectivity index (χ0n) is 14.5. The number of nitrogens with zero attached hydrogens (tertiary/aromatic N) is 1. The summed E-state index contributed by atoms with van der Waals surface area (Å²) in [6, 6.07) is 30.5. The van der Waals surface area contributed by atoms with Gasteiger partial charge in [0.05, 0.1) is 0 Å².